The standard InChI is InChI=1S/C12H17N3O3S/c13-12(14)10-3-1-2-4-11(10)15-19(16,17)9-5-7-18-8-6-9/h1-4,9,15H,5-8H2,(H3,13,14). The van der Waals surface area contributed by atoms with Crippen LogP contribution in [0.2, 0.25) is 0 Å². The second-order valence-corrected chi connectivity index (χ2v) is 6.38. The molecule has 1 heterocycles. The van der Waals surface area contributed by atoms with E-state index in [-0.39, 0.29) is 5.84 Å². The number of nitrogens with two attached hydrogens (primary N) is 1. The van der Waals surface area contributed by atoms with E-state index in [0.717, 1.165) is 0 Å². The minimum atomic E-state index is -3.47. The van der Waals surface area contributed by atoms with Gasteiger partial charge in [-0.05, 0) is 25.0 Å². The van der Waals surface area contributed by atoms with Gasteiger partial charge in [-0.15, -0.1) is 0 Å². The highest BCUT2D eigenvalue weighted by Crippen LogP contribution is 2.21. The average molecular weight is 283 g/mol. The van der Waals surface area contributed by atoms with Gasteiger partial charge in [0.1, 0.15) is 5.84 Å². The molecule has 1 aliphatic heterocycles. The van der Waals surface area contributed by atoms with Crippen molar-refractivity contribution in [3.05, 3.63) is 29.8 Å². The summed E-state index contributed by atoms with van der Waals surface area (Å²) in [7, 11) is -3.47. The Labute approximate surface area is 112 Å². The number of hydrogen-bond donors (Lipinski definition) is 3. The lowest BCUT2D eigenvalue weighted by atomic mass is 10.2. The summed E-state index contributed by atoms with van der Waals surface area (Å²) < 4.78 is 32.2. The Hall–Kier alpha value is -1.60. The highest BCUT2D eigenvalue weighted by molar-refractivity contribution is 7.93. The first kappa shape index (κ1) is 13.8. The van der Waals surface area contributed by atoms with Crippen molar-refractivity contribution in [3.63, 3.8) is 0 Å². The van der Waals surface area contributed by atoms with Gasteiger partial charge in [0.25, 0.3) is 0 Å². The fourth-order valence-corrected chi connectivity index (χ4v) is 3.49. The topological polar surface area (TPSA) is 105 Å². The predicted molar refractivity (Wildman–Crippen MR) is 73.8 cm³/mol. The number of sulfonamides is 1. The van der Waals surface area contributed by atoms with Gasteiger partial charge < -0.3 is 10.5 Å². The molecule has 0 saturated carbocycles. The molecule has 19 heavy (non-hydrogen) atoms. The van der Waals surface area contributed by atoms with Crippen molar-refractivity contribution >= 4 is 21.5 Å². The molecule has 2 rings (SSSR count). The number of hydrogen-bond acceptors (Lipinski definition) is 4. The van der Waals surface area contributed by atoms with Gasteiger partial charge in [-0.1, -0.05) is 12.1 Å². The first-order valence-corrected chi connectivity index (χ1v) is 7.58. The van der Waals surface area contributed by atoms with Crippen LogP contribution in [0, 0.1) is 5.41 Å². The van der Waals surface area contributed by atoms with Gasteiger partial charge in [-0.25, -0.2) is 8.42 Å². The number of amidine groups is 1. The molecule has 0 atom stereocenters. The molecule has 0 radical (unpaired) electrons. The Morgan fingerprint density at radius 2 is 1.95 bits per heavy atom. The van der Waals surface area contributed by atoms with E-state index in [4.69, 9.17) is 15.9 Å². The van der Waals surface area contributed by atoms with Gasteiger partial charge in [-0.2, -0.15) is 0 Å². The van der Waals surface area contributed by atoms with E-state index in [1.165, 1.54) is 0 Å². The summed E-state index contributed by atoms with van der Waals surface area (Å²) in [6.07, 6.45) is 0.967. The number of nitrogens with one attached hydrogen (secondary N) is 2. The molecule has 0 aliphatic carbocycles. The van der Waals surface area contributed by atoms with E-state index < -0.39 is 15.3 Å². The molecule has 0 aromatic heterocycles. The minimum Gasteiger partial charge on any atom is -0.384 e. The van der Waals surface area contributed by atoms with Crippen LogP contribution in [0.25, 0.3) is 0 Å². The maximum Gasteiger partial charge on any atom is 0.235 e. The van der Waals surface area contributed by atoms with E-state index in [2.05, 4.69) is 4.72 Å². The normalized spacial score (nSPS) is 17.1. The van der Waals surface area contributed by atoms with Crippen molar-refractivity contribution in [2.24, 2.45) is 5.73 Å². The van der Waals surface area contributed by atoms with Crippen LogP contribution in [0.3, 0.4) is 0 Å². The fraction of sp³-hybridized carbons (Fsp3) is 0.417. The van der Waals surface area contributed by atoms with E-state index in [9.17, 15) is 8.42 Å². The molecule has 1 aliphatic rings. The minimum absolute atomic E-state index is 0.162. The van der Waals surface area contributed by atoms with Crippen molar-refractivity contribution in [1.29, 1.82) is 5.41 Å². The Bertz CT molecular complexity index is 565. The molecule has 0 spiro atoms. The van der Waals surface area contributed by atoms with Crippen molar-refractivity contribution in [3.8, 4) is 0 Å². The monoisotopic (exact) mass is 283 g/mol. The lowest BCUT2D eigenvalue weighted by Crippen LogP contribution is -2.33. The van der Waals surface area contributed by atoms with Crippen LogP contribution in [0.5, 0.6) is 0 Å². The van der Waals surface area contributed by atoms with E-state index >= 15 is 0 Å². The summed E-state index contributed by atoms with van der Waals surface area (Å²) in [4.78, 5) is 0. The van der Waals surface area contributed by atoms with E-state index in [1.54, 1.807) is 24.3 Å². The summed E-state index contributed by atoms with van der Waals surface area (Å²) in [6.45, 7) is 0.917. The molecule has 6 nitrogen and oxygen atoms in total. The molecule has 104 valence electrons. The zero-order valence-corrected chi connectivity index (χ0v) is 11.2. The molecular weight excluding hydrogens is 266 g/mol. The van der Waals surface area contributed by atoms with Crippen molar-refractivity contribution in [2.45, 2.75) is 18.1 Å². The van der Waals surface area contributed by atoms with Crippen LogP contribution in [-0.4, -0.2) is 32.7 Å². The maximum absolute atomic E-state index is 12.3. The maximum atomic E-state index is 12.3. The first-order chi connectivity index (χ1) is 9.00. The molecule has 1 aromatic carbocycles. The largest absolute Gasteiger partial charge is 0.384 e. The van der Waals surface area contributed by atoms with Gasteiger partial charge in [0, 0.05) is 18.8 Å². The van der Waals surface area contributed by atoms with Crippen LogP contribution in [0.4, 0.5) is 5.69 Å². The zero-order chi connectivity index (χ0) is 13.9. The molecule has 0 unspecified atom stereocenters. The van der Waals surface area contributed by atoms with Crippen molar-refractivity contribution in [2.75, 3.05) is 17.9 Å². The summed E-state index contributed by atoms with van der Waals surface area (Å²) in [5, 5.41) is 6.99. The highest BCUT2D eigenvalue weighted by Gasteiger charge is 2.28. The van der Waals surface area contributed by atoms with Crippen LogP contribution >= 0.6 is 0 Å². The van der Waals surface area contributed by atoms with Gasteiger partial charge in [0.15, 0.2) is 0 Å². The Kier molecular flexibility index (Phi) is 4.06. The van der Waals surface area contributed by atoms with Crippen molar-refractivity contribution < 1.29 is 13.2 Å². The molecule has 4 N–H and O–H groups in total. The molecule has 1 saturated heterocycles. The molecule has 1 fully saturated rings. The Morgan fingerprint density at radius 3 is 2.58 bits per heavy atom. The summed E-state index contributed by atoms with van der Waals surface area (Å²) >= 11 is 0. The summed E-state index contributed by atoms with van der Waals surface area (Å²) in [5.74, 6) is -0.162. The quantitative estimate of drug-likeness (QED) is 0.563. The second kappa shape index (κ2) is 5.58. The van der Waals surface area contributed by atoms with Crippen LogP contribution in [-0.2, 0) is 14.8 Å². The Balaban J connectivity index is 2.22. The van der Waals surface area contributed by atoms with E-state index in [0.29, 0.717) is 37.3 Å². The predicted octanol–water partition coefficient (Wildman–Crippen LogP) is 0.891. The highest BCUT2D eigenvalue weighted by atomic mass is 32.2. The van der Waals surface area contributed by atoms with Crippen LogP contribution in [0.1, 0.15) is 18.4 Å². The van der Waals surface area contributed by atoms with Gasteiger partial charge >= 0.3 is 0 Å². The fourth-order valence-electron chi connectivity index (χ4n) is 2.03. The molecule has 0 bridgehead atoms. The number of benzene rings is 1. The number of ether oxygens (including phenoxy) is 1. The van der Waals surface area contributed by atoms with Crippen LogP contribution in [0.15, 0.2) is 24.3 Å². The molecule has 0 amide bonds. The number of rotatable bonds is 4. The van der Waals surface area contributed by atoms with Gasteiger partial charge in [0.05, 0.1) is 10.9 Å². The second-order valence-electron chi connectivity index (χ2n) is 4.42. The summed E-state index contributed by atoms with van der Waals surface area (Å²) in [6, 6.07) is 6.63. The lowest BCUT2D eigenvalue weighted by Gasteiger charge is -2.23. The third kappa shape index (κ3) is 3.24. The number of nitrogen functional groups attached to an aromatic ring is 1. The summed E-state index contributed by atoms with van der Waals surface area (Å²) in [5.41, 5.74) is 6.18. The molecule has 7 heteroatoms. The molecular formula is C12H17N3O3S. The van der Waals surface area contributed by atoms with E-state index in [1.807, 2.05) is 0 Å². The number of anilines is 1. The van der Waals surface area contributed by atoms with Gasteiger partial charge in [0.2, 0.25) is 10.0 Å². The first-order valence-electron chi connectivity index (χ1n) is 6.03. The average Bonchev–Trinajstić information content (AvgIpc) is 2.39. The Morgan fingerprint density at radius 1 is 1.32 bits per heavy atom. The third-order valence-corrected chi connectivity index (χ3v) is 4.93. The van der Waals surface area contributed by atoms with Gasteiger partial charge in [-0.3, -0.25) is 10.1 Å². The lowest BCUT2D eigenvalue weighted by molar-refractivity contribution is 0.0984. The third-order valence-electron chi connectivity index (χ3n) is 3.08. The number of para-hydroxylation sites is 1. The zero-order valence-electron chi connectivity index (χ0n) is 10.4. The smallest absolute Gasteiger partial charge is 0.235 e. The SMILES string of the molecule is N=C(N)c1ccccc1NS(=O)(=O)C1CCOCC1. The van der Waals surface area contributed by atoms with Crippen LogP contribution < -0.4 is 10.5 Å². The van der Waals surface area contributed by atoms with Crippen molar-refractivity contribution in [1.82, 2.24) is 0 Å². The molecule has 1 aromatic rings.